The predicted octanol–water partition coefficient (Wildman–Crippen LogP) is 2.03. The van der Waals surface area contributed by atoms with Crippen LogP contribution in [0.4, 0.5) is 0 Å². The zero-order chi connectivity index (χ0) is 8.55. The number of carbonyl (C=O) groups excluding carboxylic acids is 1. The molecular formula is C10H7NO. The molecule has 2 rings (SSSR count). The molecule has 0 atom stereocenters. The third kappa shape index (κ3) is 0.987. The Hall–Kier alpha value is -1.66. The summed E-state index contributed by atoms with van der Waals surface area (Å²) in [5, 5.41) is 0. The first-order valence-corrected chi connectivity index (χ1v) is 3.72. The van der Waals surface area contributed by atoms with Gasteiger partial charge in [0.15, 0.2) is 0 Å². The zero-order valence-corrected chi connectivity index (χ0v) is 6.66. The molecule has 0 bridgehead atoms. The third-order valence-corrected chi connectivity index (χ3v) is 1.96. The number of nitrogens with zero attached hydrogens (tertiary/aromatic N) is 1. The highest BCUT2D eigenvalue weighted by atomic mass is 16.1. The molecule has 0 saturated heterocycles. The summed E-state index contributed by atoms with van der Waals surface area (Å²) in [6, 6.07) is 0. The fraction of sp³-hybridized carbons (Fsp3) is 0.100. The van der Waals surface area contributed by atoms with E-state index in [2.05, 4.69) is 4.99 Å². The van der Waals surface area contributed by atoms with Gasteiger partial charge in [0.2, 0.25) is 6.08 Å². The first-order chi connectivity index (χ1) is 5.83. The number of fused-ring (bicyclic) bond motifs is 1. The van der Waals surface area contributed by atoms with Crippen LogP contribution in [0, 0.1) is 0 Å². The third-order valence-electron chi connectivity index (χ3n) is 1.96. The quantitative estimate of drug-likeness (QED) is 0.423. The molecule has 2 heteroatoms. The molecule has 0 saturated carbocycles. The molecule has 12 heavy (non-hydrogen) atoms. The van der Waals surface area contributed by atoms with E-state index < -0.39 is 0 Å². The Balaban J connectivity index is 2.43. The largest absolute Gasteiger partial charge is 0.240 e. The second-order valence-electron chi connectivity index (χ2n) is 2.77. The summed E-state index contributed by atoms with van der Waals surface area (Å²) in [4.78, 5) is 13.6. The smallest absolute Gasteiger partial charge is 0.211 e. The summed E-state index contributed by atoms with van der Waals surface area (Å²) in [6.45, 7) is 2.04. The summed E-state index contributed by atoms with van der Waals surface area (Å²) in [5.41, 5.74) is 4.21. The molecule has 2 aliphatic rings. The minimum absolute atomic E-state index is 0.716. The Morgan fingerprint density at radius 3 is 3.08 bits per heavy atom. The topological polar surface area (TPSA) is 29.4 Å². The number of aliphatic imine (C=N–C) groups is 1. The van der Waals surface area contributed by atoms with Crippen LogP contribution in [-0.4, -0.2) is 6.08 Å². The van der Waals surface area contributed by atoms with Crippen LogP contribution in [0.5, 0.6) is 0 Å². The van der Waals surface area contributed by atoms with Gasteiger partial charge in [0.05, 0.1) is 5.70 Å². The summed E-state index contributed by atoms with van der Waals surface area (Å²) in [5.74, 6) is 0. The Bertz CT molecular complexity index is 402. The van der Waals surface area contributed by atoms with Gasteiger partial charge in [-0.25, -0.2) is 4.79 Å². The van der Waals surface area contributed by atoms with Gasteiger partial charge in [0, 0.05) is 5.57 Å². The van der Waals surface area contributed by atoms with Crippen LogP contribution in [-0.2, 0) is 4.79 Å². The predicted molar refractivity (Wildman–Crippen MR) is 46.1 cm³/mol. The van der Waals surface area contributed by atoms with Gasteiger partial charge < -0.3 is 0 Å². The minimum atomic E-state index is 0.716. The first-order valence-electron chi connectivity index (χ1n) is 3.72. The van der Waals surface area contributed by atoms with Gasteiger partial charge in [-0.15, -0.1) is 0 Å². The number of hydrogen-bond donors (Lipinski definition) is 0. The Labute approximate surface area is 70.3 Å². The molecule has 0 aromatic carbocycles. The van der Waals surface area contributed by atoms with Crippen molar-refractivity contribution in [1.29, 1.82) is 0 Å². The van der Waals surface area contributed by atoms with E-state index in [-0.39, 0.29) is 0 Å². The summed E-state index contributed by atoms with van der Waals surface area (Å²) in [6.07, 6.45) is 9.29. The highest BCUT2D eigenvalue weighted by Crippen LogP contribution is 2.38. The number of rotatable bonds is 1. The number of isocyanates is 1. The van der Waals surface area contributed by atoms with Crippen molar-refractivity contribution in [2.75, 3.05) is 0 Å². The van der Waals surface area contributed by atoms with Crippen LogP contribution in [0.25, 0.3) is 0 Å². The van der Waals surface area contributed by atoms with E-state index in [0.717, 1.165) is 5.57 Å². The normalized spacial score (nSPS) is 18.8. The Morgan fingerprint density at radius 1 is 1.50 bits per heavy atom. The van der Waals surface area contributed by atoms with E-state index in [1.165, 1.54) is 11.1 Å². The maximum atomic E-state index is 10.0. The van der Waals surface area contributed by atoms with E-state index in [0.29, 0.717) is 5.70 Å². The first kappa shape index (κ1) is 7.01. The molecule has 0 aliphatic heterocycles. The molecular weight excluding hydrogens is 150 g/mol. The molecule has 0 heterocycles. The van der Waals surface area contributed by atoms with Crippen molar-refractivity contribution < 1.29 is 4.79 Å². The summed E-state index contributed by atoms with van der Waals surface area (Å²) in [7, 11) is 0. The van der Waals surface area contributed by atoms with E-state index in [4.69, 9.17) is 0 Å². The number of allylic oxidation sites excluding steroid dienone is 7. The summed E-state index contributed by atoms with van der Waals surface area (Å²) >= 11 is 0. The molecule has 2 nitrogen and oxygen atoms in total. The molecule has 0 aromatic heterocycles. The van der Waals surface area contributed by atoms with E-state index in [9.17, 15) is 4.79 Å². The molecule has 0 N–H and O–H groups in total. The van der Waals surface area contributed by atoms with Crippen LogP contribution in [0.2, 0.25) is 0 Å². The standard InChI is InChI=1S/C10H7NO/c1-7-3-2-4-10(11-6-12)9-5-8(7)9/h2-5H,1H3. The van der Waals surface area contributed by atoms with Gasteiger partial charge in [0.25, 0.3) is 0 Å². The fourth-order valence-corrected chi connectivity index (χ4v) is 1.26. The molecule has 0 aromatic rings. The summed E-state index contributed by atoms with van der Waals surface area (Å²) < 4.78 is 0. The molecule has 0 amide bonds. The monoisotopic (exact) mass is 157 g/mol. The van der Waals surface area contributed by atoms with Crippen molar-refractivity contribution in [1.82, 2.24) is 0 Å². The lowest BCUT2D eigenvalue weighted by Gasteiger charge is -1.87. The molecule has 0 fully saturated rings. The molecule has 2 aliphatic carbocycles. The van der Waals surface area contributed by atoms with Gasteiger partial charge in [-0.1, -0.05) is 12.2 Å². The molecule has 0 radical (unpaired) electrons. The van der Waals surface area contributed by atoms with E-state index >= 15 is 0 Å². The lowest BCUT2D eigenvalue weighted by atomic mass is 10.2. The van der Waals surface area contributed by atoms with Crippen molar-refractivity contribution in [3.05, 3.63) is 46.7 Å². The van der Waals surface area contributed by atoms with Gasteiger partial charge in [-0.2, -0.15) is 4.99 Å². The van der Waals surface area contributed by atoms with Crippen LogP contribution in [0.3, 0.4) is 0 Å². The van der Waals surface area contributed by atoms with Crippen molar-refractivity contribution in [3.8, 4) is 0 Å². The van der Waals surface area contributed by atoms with E-state index in [1.807, 2.05) is 31.2 Å². The number of hydrogen-bond acceptors (Lipinski definition) is 2. The SMILES string of the molecule is CC1=CC=CC(N=C=O)=C2C=C12. The fourth-order valence-electron chi connectivity index (χ4n) is 1.26. The van der Waals surface area contributed by atoms with Crippen LogP contribution < -0.4 is 0 Å². The maximum Gasteiger partial charge on any atom is 0.240 e. The molecule has 0 spiro atoms. The maximum absolute atomic E-state index is 10.0. The van der Waals surface area contributed by atoms with Gasteiger partial charge in [-0.05, 0) is 30.2 Å². The van der Waals surface area contributed by atoms with Crippen molar-refractivity contribution >= 4 is 6.08 Å². The van der Waals surface area contributed by atoms with Crippen molar-refractivity contribution in [2.45, 2.75) is 6.92 Å². The lowest BCUT2D eigenvalue weighted by molar-refractivity contribution is 0.565. The Kier molecular flexibility index (Phi) is 1.42. The second-order valence-corrected chi connectivity index (χ2v) is 2.77. The van der Waals surface area contributed by atoms with Crippen LogP contribution in [0.1, 0.15) is 6.92 Å². The van der Waals surface area contributed by atoms with Gasteiger partial charge >= 0.3 is 0 Å². The second kappa shape index (κ2) is 2.43. The average molecular weight is 157 g/mol. The minimum Gasteiger partial charge on any atom is -0.211 e. The van der Waals surface area contributed by atoms with Crippen molar-refractivity contribution in [3.63, 3.8) is 0 Å². The highest BCUT2D eigenvalue weighted by Gasteiger charge is 2.22. The molecule has 0 unspecified atom stereocenters. The van der Waals surface area contributed by atoms with Crippen LogP contribution in [0.15, 0.2) is 51.7 Å². The van der Waals surface area contributed by atoms with Gasteiger partial charge in [-0.3, -0.25) is 0 Å². The zero-order valence-electron chi connectivity index (χ0n) is 6.66. The van der Waals surface area contributed by atoms with Crippen molar-refractivity contribution in [2.24, 2.45) is 4.99 Å². The lowest BCUT2D eigenvalue weighted by Crippen LogP contribution is -1.72. The van der Waals surface area contributed by atoms with E-state index in [1.54, 1.807) is 6.08 Å². The highest BCUT2D eigenvalue weighted by molar-refractivity contribution is 5.72. The molecule has 58 valence electrons. The average Bonchev–Trinajstić information content (AvgIpc) is 2.80. The van der Waals surface area contributed by atoms with Gasteiger partial charge in [0.1, 0.15) is 0 Å². The van der Waals surface area contributed by atoms with Crippen LogP contribution >= 0.6 is 0 Å². The Morgan fingerprint density at radius 2 is 2.33 bits per heavy atom.